The number of ether oxygens (including phenoxy) is 2. The van der Waals surface area contributed by atoms with Gasteiger partial charge in [-0.05, 0) is 48.0 Å². The molecule has 3 aromatic carbocycles. The molecule has 1 aliphatic rings. The van der Waals surface area contributed by atoms with Crippen molar-refractivity contribution in [3.05, 3.63) is 106 Å². The molecule has 0 aromatic heterocycles. The molecule has 0 saturated heterocycles. The van der Waals surface area contributed by atoms with Crippen LogP contribution in [0.3, 0.4) is 0 Å². The lowest BCUT2D eigenvalue weighted by Crippen LogP contribution is -2.21. The number of carbonyl (C=O) groups excluding carboxylic acids is 1. The van der Waals surface area contributed by atoms with Crippen molar-refractivity contribution in [1.29, 1.82) is 5.26 Å². The number of nitrogens with zero attached hydrogens (tertiary/aromatic N) is 1. The van der Waals surface area contributed by atoms with E-state index in [1.165, 1.54) is 36.4 Å². The molecule has 0 spiro atoms. The fourth-order valence-corrected chi connectivity index (χ4v) is 3.29. The third-order valence-corrected chi connectivity index (χ3v) is 4.76. The Balaban J connectivity index is 1.70. The second-order valence-electron chi connectivity index (χ2n) is 6.69. The molecule has 31 heavy (non-hydrogen) atoms. The summed E-state index contributed by atoms with van der Waals surface area (Å²) in [5, 5.41) is 9.53. The Bertz CT molecular complexity index is 1260. The maximum Gasteiger partial charge on any atom is 0.343 e. The molecule has 1 aliphatic heterocycles. The van der Waals surface area contributed by atoms with Gasteiger partial charge in [-0.1, -0.05) is 12.1 Å². The van der Waals surface area contributed by atoms with E-state index in [2.05, 4.69) is 0 Å². The van der Waals surface area contributed by atoms with Gasteiger partial charge in [0.2, 0.25) is 5.88 Å². The molecule has 1 unspecified atom stereocenters. The average molecular weight is 422 g/mol. The third-order valence-electron chi connectivity index (χ3n) is 4.76. The van der Waals surface area contributed by atoms with Crippen LogP contribution in [0.5, 0.6) is 11.5 Å². The van der Waals surface area contributed by atoms with Crippen molar-refractivity contribution in [1.82, 2.24) is 0 Å². The summed E-state index contributed by atoms with van der Waals surface area (Å²) in [6, 6.07) is 14.5. The van der Waals surface area contributed by atoms with E-state index in [1.54, 1.807) is 0 Å². The smallest absolute Gasteiger partial charge is 0.343 e. The van der Waals surface area contributed by atoms with Gasteiger partial charge >= 0.3 is 5.97 Å². The van der Waals surface area contributed by atoms with Gasteiger partial charge in [0.25, 0.3) is 0 Å². The van der Waals surface area contributed by atoms with Gasteiger partial charge in [-0.3, -0.25) is 0 Å². The zero-order chi connectivity index (χ0) is 22.1. The molecular weight excluding hydrogens is 409 g/mol. The number of nitrogens with two attached hydrogens (primary N) is 1. The van der Waals surface area contributed by atoms with E-state index >= 15 is 0 Å². The molecule has 0 fully saturated rings. The van der Waals surface area contributed by atoms with E-state index in [0.29, 0.717) is 11.1 Å². The lowest BCUT2D eigenvalue weighted by atomic mass is 9.83. The van der Waals surface area contributed by atoms with Crippen molar-refractivity contribution in [3.8, 4) is 17.6 Å². The first-order valence-corrected chi connectivity index (χ1v) is 9.01. The van der Waals surface area contributed by atoms with E-state index in [-0.39, 0.29) is 28.5 Å². The number of nitriles is 1. The molecule has 154 valence electrons. The molecule has 2 N–H and O–H groups in total. The predicted molar refractivity (Wildman–Crippen MR) is 103 cm³/mol. The summed E-state index contributed by atoms with van der Waals surface area (Å²) >= 11 is 0. The van der Waals surface area contributed by atoms with Crippen LogP contribution in [0.25, 0.3) is 0 Å². The van der Waals surface area contributed by atoms with Crippen LogP contribution < -0.4 is 15.2 Å². The van der Waals surface area contributed by atoms with Crippen molar-refractivity contribution in [2.24, 2.45) is 5.73 Å². The fraction of sp³-hybridized carbons (Fsp3) is 0.0435. The highest BCUT2D eigenvalue weighted by Gasteiger charge is 2.31. The number of carbonyl (C=O) groups is 1. The van der Waals surface area contributed by atoms with Crippen LogP contribution in [-0.4, -0.2) is 5.97 Å². The van der Waals surface area contributed by atoms with Gasteiger partial charge in [0.15, 0.2) is 11.6 Å². The largest absolute Gasteiger partial charge is 0.440 e. The summed E-state index contributed by atoms with van der Waals surface area (Å²) in [4.78, 5) is 12.3. The van der Waals surface area contributed by atoms with Crippen molar-refractivity contribution in [2.75, 3.05) is 0 Å². The molecule has 0 radical (unpaired) electrons. The van der Waals surface area contributed by atoms with Crippen LogP contribution in [0.1, 0.15) is 27.4 Å². The van der Waals surface area contributed by atoms with Gasteiger partial charge in [-0.2, -0.15) is 5.26 Å². The SMILES string of the molecule is N#CC1=C(N)Oc2cc(OC(=O)c3ccc(F)cc3)ccc2C1c1ccc(F)c(F)c1. The number of benzene rings is 3. The van der Waals surface area contributed by atoms with Crippen molar-refractivity contribution in [2.45, 2.75) is 5.92 Å². The standard InChI is InChI=1S/C23H13F3N2O3/c24-14-4-1-12(2-5-14)23(29)30-15-6-7-16-20(10-15)31-22(28)17(11-27)21(16)13-3-8-18(25)19(26)9-13/h1-10,21H,28H2. The van der Waals surface area contributed by atoms with E-state index in [0.717, 1.165) is 24.3 Å². The lowest BCUT2D eigenvalue weighted by molar-refractivity contribution is 0.0734. The van der Waals surface area contributed by atoms with Gasteiger partial charge in [0, 0.05) is 11.6 Å². The van der Waals surface area contributed by atoms with E-state index in [9.17, 15) is 23.2 Å². The number of rotatable bonds is 3. The number of fused-ring (bicyclic) bond motifs is 1. The molecule has 1 atom stereocenters. The summed E-state index contributed by atoms with van der Waals surface area (Å²) in [6.45, 7) is 0. The van der Waals surface area contributed by atoms with Crippen molar-refractivity contribution >= 4 is 5.97 Å². The fourth-order valence-electron chi connectivity index (χ4n) is 3.29. The molecule has 5 nitrogen and oxygen atoms in total. The average Bonchev–Trinajstić information content (AvgIpc) is 2.75. The molecule has 3 aromatic rings. The Morgan fingerprint density at radius 1 is 1.00 bits per heavy atom. The Morgan fingerprint density at radius 3 is 2.42 bits per heavy atom. The van der Waals surface area contributed by atoms with E-state index in [1.807, 2.05) is 6.07 Å². The summed E-state index contributed by atoms with van der Waals surface area (Å²) in [7, 11) is 0. The number of hydrogen-bond donors (Lipinski definition) is 1. The minimum atomic E-state index is -1.06. The van der Waals surface area contributed by atoms with Crippen LogP contribution in [-0.2, 0) is 0 Å². The maximum atomic E-state index is 13.8. The first-order valence-electron chi connectivity index (χ1n) is 9.01. The van der Waals surface area contributed by atoms with Crippen LogP contribution in [0, 0.1) is 28.8 Å². The number of hydrogen-bond acceptors (Lipinski definition) is 5. The second-order valence-corrected chi connectivity index (χ2v) is 6.69. The van der Waals surface area contributed by atoms with Crippen molar-refractivity contribution in [3.63, 3.8) is 0 Å². The van der Waals surface area contributed by atoms with Gasteiger partial charge < -0.3 is 15.2 Å². The molecule has 1 heterocycles. The highest BCUT2D eigenvalue weighted by atomic mass is 19.2. The summed E-state index contributed by atoms with van der Waals surface area (Å²) in [6.07, 6.45) is 0. The monoisotopic (exact) mass is 422 g/mol. The minimum Gasteiger partial charge on any atom is -0.440 e. The van der Waals surface area contributed by atoms with Crippen LogP contribution in [0.2, 0.25) is 0 Å². The van der Waals surface area contributed by atoms with Gasteiger partial charge in [-0.25, -0.2) is 18.0 Å². The van der Waals surface area contributed by atoms with Crippen LogP contribution in [0.15, 0.2) is 72.1 Å². The molecule has 0 aliphatic carbocycles. The van der Waals surface area contributed by atoms with Crippen LogP contribution in [0.4, 0.5) is 13.2 Å². The zero-order valence-corrected chi connectivity index (χ0v) is 15.7. The summed E-state index contributed by atoms with van der Waals surface area (Å²) in [5.74, 6) is -3.98. The topological polar surface area (TPSA) is 85.3 Å². The summed E-state index contributed by atoms with van der Waals surface area (Å²) in [5.41, 5.74) is 6.82. The molecule has 0 saturated carbocycles. The predicted octanol–water partition coefficient (Wildman–Crippen LogP) is 4.54. The maximum absolute atomic E-state index is 13.8. The molecule has 0 amide bonds. The first-order chi connectivity index (χ1) is 14.9. The molecule has 0 bridgehead atoms. The van der Waals surface area contributed by atoms with Gasteiger partial charge in [0.05, 0.1) is 11.5 Å². The Hall–Kier alpha value is -4.25. The Labute approximate surface area is 174 Å². The second kappa shape index (κ2) is 7.88. The minimum absolute atomic E-state index is 0.0366. The normalized spacial score (nSPS) is 15.0. The third kappa shape index (κ3) is 3.81. The van der Waals surface area contributed by atoms with Gasteiger partial charge in [-0.15, -0.1) is 0 Å². The number of allylic oxidation sites excluding steroid dienone is 1. The lowest BCUT2D eigenvalue weighted by Gasteiger charge is -2.26. The Kier molecular flexibility index (Phi) is 5.09. The molecule has 4 rings (SSSR count). The molecular formula is C23H13F3N2O3. The first kappa shape index (κ1) is 20.0. The van der Waals surface area contributed by atoms with E-state index < -0.39 is 29.3 Å². The highest BCUT2D eigenvalue weighted by Crippen LogP contribution is 2.43. The number of esters is 1. The number of halogens is 3. The Morgan fingerprint density at radius 2 is 1.74 bits per heavy atom. The quantitative estimate of drug-likeness (QED) is 0.495. The van der Waals surface area contributed by atoms with E-state index in [4.69, 9.17) is 15.2 Å². The zero-order valence-electron chi connectivity index (χ0n) is 15.7. The molecule has 8 heteroatoms. The summed E-state index contributed by atoms with van der Waals surface area (Å²) < 4.78 is 51.0. The van der Waals surface area contributed by atoms with Crippen molar-refractivity contribution < 1.29 is 27.4 Å². The van der Waals surface area contributed by atoms with Crippen LogP contribution >= 0.6 is 0 Å². The van der Waals surface area contributed by atoms with Gasteiger partial charge in [0.1, 0.15) is 29.0 Å². The highest BCUT2D eigenvalue weighted by molar-refractivity contribution is 5.91.